The molecule has 0 aromatic heterocycles. The lowest BCUT2D eigenvalue weighted by molar-refractivity contribution is -0.0223. The predicted molar refractivity (Wildman–Crippen MR) is 55.8 cm³/mol. The van der Waals surface area contributed by atoms with Crippen LogP contribution in [0.15, 0.2) is 24.3 Å². The molecule has 0 saturated heterocycles. The molecule has 0 atom stereocenters. The van der Waals surface area contributed by atoms with Gasteiger partial charge in [0.25, 0.3) is 5.92 Å². The molecule has 0 amide bonds. The van der Waals surface area contributed by atoms with Crippen molar-refractivity contribution in [3.63, 3.8) is 0 Å². The molecule has 0 heterocycles. The molecule has 1 aliphatic carbocycles. The molecule has 0 spiro atoms. The van der Waals surface area contributed by atoms with Crippen LogP contribution in [0.25, 0.3) is 0 Å². The third-order valence-corrected chi connectivity index (χ3v) is 2.94. The molecule has 1 aliphatic rings. The zero-order valence-electron chi connectivity index (χ0n) is 8.76. The van der Waals surface area contributed by atoms with Gasteiger partial charge in [-0.2, -0.15) is 0 Å². The maximum atomic E-state index is 13.7. The number of hydrogen-bond donors (Lipinski definition) is 1. The molecule has 1 fully saturated rings. The van der Waals surface area contributed by atoms with Gasteiger partial charge >= 0.3 is 0 Å². The monoisotopic (exact) mass is 211 g/mol. The van der Waals surface area contributed by atoms with E-state index >= 15 is 0 Å². The lowest BCUT2D eigenvalue weighted by atomic mass is 9.99. The Morgan fingerprint density at radius 2 is 1.80 bits per heavy atom. The number of rotatable bonds is 3. The van der Waals surface area contributed by atoms with E-state index in [9.17, 15) is 8.78 Å². The van der Waals surface area contributed by atoms with E-state index in [1.807, 2.05) is 6.92 Å². The van der Waals surface area contributed by atoms with E-state index < -0.39 is 11.5 Å². The van der Waals surface area contributed by atoms with Crippen molar-refractivity contribution < 1.29 is 8.78 Å². The van der Waals surface area contributed by atoms with Gasteiger partial charge in [0, 0.05) is 17.5 Å². The van der Waals surface area contributed by atoms with Crippen LogP contribution in [-0.2, 0) is 5.92 Å². The molecular weight excluding hydrogens is 196 g/mol. The Morgan fingerprint density at radius 3 is 2.27 bits per heavy atom. The van der Waals surface area contributed by atoms with Crippen LogP contribution in [0.5, 0.6) is 0 Å². The fourth-order valence-electron chi connectivity index (χ4n) is 1.68. The highest BCUT2D eigenvalue weighted by Crippen LogP contribution is 2.45. The fourth-order valence-corrected chi connectivity index (χ4v) is 1.68. The average molecular weight is 211 g/mol. The second-order valence-corrected chi connectivity index (χ2v) is 4.61. The Bertz CT molecular complexity index is 352. The standard InChI is InChI=1S/C12H15F2N/c1-9-2-4-10(5-3-9)12(13,14)8-11(15)6-7-11/h2-5H,6-8,15H2,1H3. The lowest BCUT2D eigenvalue weighted by Crippen LogP contribution is -2.30. The molecule has 82 valence electrons. The number of hydrogen-bond acceptors (Lipinski definition) is 1. The zero-order chi connectivity index (χ0) is 11.1. The molecule has 2 rings (SSSR count). The molecule has 1 aromatic carbocycles. The summed E-state index contributed by atoms with van der Waals surface area (Å²) in [7, 11) is 0. The summed E-state index contributed by atoms with van der Waals surface area (Å²) in [6.07, 6.45) is 1.20. The van der Waals surface area contributed by atoms with Crippen LogP contribution in [0.2, 0.25) is 0 Å². The third kappa shape index (κ3) is 2.34. The van der Waals surface area contributed by atoms with Crippen molar-refractivity contribution in [2.75, 3.05) is 0 Å². The summed E-state index contributed by atoms with van der Waals surface area (Å²) >= 11 is 0. The number of alkyl halides is 2. The van der Waals surface area contributed by atoms with Crippen LogP contribution < -0.4 is 5.73 Å². The molecule has 2 N–H and O–H groups in total. The van der Waals surface area contributed by atoms with Gasteiger partial charge in [0.05, 0.1) is 0 Å². The van der Waals surface area contributed by atoms with Gasteiger partial charge in [0.2, 0.25) is 0 Å². The van der Waals surface area contributed by atoms with Gasteiger partial charge in [-0.15, -0.1) is 0 Å². The molecule has 15 heavy (non-hydrogen) atoms. The maximum absolute atomic E-state index is 13.7. The highest BCUT2D eigenvalue weighted by molar-refractivity contribution is 5.26. The molecular formula is C12H15F2N. The van der Waals surface area contributed by atoms with Crippen molar-refractivity contribution in [1.82, 2.24) is 0 Å². The Balaban J connectivity index is 2.17. The Labute approximate surface area is 88.3 Å². The number of halogens is 2. The summed E-state index contributed by atoms with van der Waals surface area (Å²) in [5.74, 6) is -2.79. The summed E-state index contributed by atoms with van der Waals surface area (Å²) in [5.41, 5.74) is 6.17. The molecule has 0 unspecified atom stereocenters. The number of aryl methyl sites for hydroxylation is 1. The SMILES string of the molecule is Cc1ccc(C(F)(F)CC2(N)CC2)cc1. The van der Waals surface area contributed by atoms with E-state index in [4.69, 9.17) is 5.73 Å². The van der Waals surface area contributed by atoms with Crippen molar-refractivity contribution >= 4 is 0 Å². The molecule has 1 aromatic rings. The van der Waals surface area contributed by atoms with Gasteiger partial charge < -0.3 is 5.73 Å². The maximum Gasteiger partial charge on any atom is 0.275 e. The smallest absolute Gasteiger partial charge is 0.275 e. The van der Waals surface area contributed by atoms with E-state index in [2.05, 4.69) is 0 Å². The largest absolute Gasteiger partial charge is 0.325 e. The van der Waals surface area contributed by atoms with Crippen LogP contribution >= 0.6 is 0 Å². The minimum absolute atomic E-state index is 0.0739. The van der Waals surface area contributed by atoms with E-state index in [1.54, 1.807) is 12.1 Å². The summed E-state index contributed by atoms with van der Waals surface area (Å²) in [6.45, 7) is 1.88. The highest BCUT2D eigenvalue weighted by atomic mass is 19.3. The van der Waals surface area contributed by atoms with Crippen molar-refractivity contribution in [2.24, 2.45) is 5.73 Å². The Morgan fingerprint density at radius 1 is 1.27 bits per heavy atom. The van der Waals surface area contributed by atoms with Crippen molar-refractivity contribution in [3.8, 4) is 0 Å². The van der Waals surface area contributed by atoms with Gasteiger partial charge in [-0.25, -0.2) is 8.78 Å². The molecule has 0 aliphatic heterocycles. The summed E-state index contributed by atoms with van der Waals surface area (Å²) in [4.78, 5) is 0. The second kappa shape index (κ2) is 3.27. The predicted octanol–water partition coefficient (Wildman–Crippen LogP) is 2.97. The van der Waals surface area contributed by atoms with Gasteiger partial charge in [-0.3, -0.25) is 0 Å². The topological polar surface area (TPSA) is 26.0 Å². The summed E-state index contributed by atoms with van der Waals surface area (Å²) in [6, 6.07) is 6.39. The third-order valence-electron chi connectivity index (χ3n) is 2.94. The first-order chi connectivity index (χ1) is 6.91. The molecule has 1 saturated carbocycles. The van der Waals surface area contributed by atoms with Crippen LogP contribution in [0.1, 0.15) is 30.4 Å². The quantitative estimate of drug-likeness (QED) is 0.817. The van der Waals surface area contributed by atoms with Crippen molar-refractivity contribution in [2.45, 2.75) is 37.6 Å². The molecule has 0 radical (unpaired) electrons. The minimum Gasteiger partial charge on any atom is -0.325 e. The van der Waals surface area contributed by atoms with E-state index in [0.717, 1.165) is 5.56 Å². The number of benzene rings is 1. The first-order valence-corrected chi connectivity index (χ1v) is 5.15. The van der Waals surface area contributed by atoms with Gasteiger partial charge in [0.1, 0.15) is 0 Å². The van der Waals surface area contributed by atoms with Gasteiger partial charge in [0.15, 0.2) is 0 Å². The normalized spacial score (nSPS) is 18.9. The van der Waals surface area contributed by atoms with Crippen molar-refractivity contribution in [1.29, 1.82) is 0 Å². The summed E-state index contributed by atoms with van der Waals surface area (Å²) < 4.78 is 27.5. The average Bonchev–Trinajstić information content (AvgIpc) is 2.82. The summed E-state index contributed by atoms with van der Waals surface area (Å²) in [5, 5.41) is 0. The van der Waals surface area contributed by atoms with E-state index in [1.165, 1.54) is 12.1 Å². The van der Waals surface area contributed by atoms with Gasteiger partial charge in [-0.1, -0.05) is 29.8 Å². The Hall–Kier alpha value is -0.960. The van der Waals surface area contributed by atoms with Crippen LogP contribution in [0, 0.1) is 6.92 Å². The van der Waals surface area contributed by atoms with E-state index in [0.29, 0.717) is 12.8 Å². The number of nitrogens with two attached hydrogens (primary N) is 1. The molecule has 1 nitrogen and oxygen atoms in total. The van der Waals surface area contributed by atoms with Gasteiger partial charge in [-0.05, 0) is 19.8 Å². The van der Waals surface area contributed by atoms with Crippen LogP contribution in [0.4, 0.5) is 8.78 Å². The van der Waals surface area contributed by atoms with E-state index in [-0.39, 0.29) is 12.0 Å². The Kier molecular flexibility index (Phi) is 2.30. The van der Waals surface area contributed by atoms with Crippen LogP contribution in [-0.4, -0.2) is 5.54 Å². The zero-order valence-corrected chi connectivity index (χ0v) is 8.76. The first kappa shape index (κ1) is 10.6. The van der Waals surface area contributed by atoms with Crippen molar-refractivity contribution in [3.05, 3.63) is 35.4 Å². The highest BCUT2D eigenvalue weighted by Gasteiger charge is 2.47. The fraction of sp³-hybridized carbons (Fsp3) is 0.500. The minimum atomic E-state index is -2.79. The molecule has 0 bridgehead atoms. The molecule has 3 heteroatoms. The van der Waals surface area contributed by atoms with Crippen LogP contribution in [0.3, 0.4) is 0 Å². The second-order valence-electron chi connectivity index (χ2n) is 4.61. The first-order valence-electron chi connectivity index (χ1n) is 5.15. The lowest BCUT2D eigenvalue weighted by Gasteiger charge is -2.20.